The Morgan fingerprint density at radius 1 is 1.00 bits per heavy atom. The molecule has 5 rings (SSSR count). The number of imide groups is 1. The average Bonchev–Trinajstić information content (AvgIpc) is 2.90. The highest BCUT2D eigenvalue weighted by atomic mass is 16.5. The Labute approximate surface area is 142 Å². The van der Waals surface area contributed by atoms with Crippen LogP contribution in [0.3, 0.4) is 0 Å². The molecule has 1 aromatic rings. The first-order valence-corrected chi connectivity index (χ1v) is 8.99. The number of rotatable bonds is 5. The molecule has 126 valence electrons. The van der Waals surface area contributed by atoms with Gasteiger partial charge in [-0.05, 0) is 55.4 Å². The summed E-state index contributed by atoms with van der Waals surface area (Å²) in [5.74, 6) is 0.900. The minimum atomic E-state index is -0.151. The number of ether oxygens (including phenoxy) is 1. The highest BCUT2D eigenvalue weighted by Gasteiger charge is 2.56. The molecule has 0 aromatic heterocycles. The van der Waals surface area contributed by atoms with E-state index in [2.05, 4.69) is 19.1 Å². The van der Waals surface area contributed by atoms with E-state index in [0.717, 1.165) is 31.4 Å². The third kappa shape index (κ3) is 2.36. The molecule has 1 saturated carbocycles. The molecule has 0 unspecified atom stereocenters. The molecule has 2 bridgehead atoms. The molecular weight excluding hydrogens is 302 g/mol. The van der Waals surface area contributed by atoms with E-state index in [0.29, 0.717) is 12.3 Å². The smallest absolute Gasteiger partial charge is 0.238 e. The van der Waals surface area contributed by atoms with E-state index in [9.17, 15) is 9.59 Å². The quantitative estimate of drug-likeness (QED) is 0.472. The van der Waals surface area contributed by atoms with E-state index in [1.54, 1.807) is 0 Å². The van der Waals surface area contributed by atoms with Gasteiger partial charge in [-0.25, -0.2) is 0 Å². The van der Waals surface area contributed by atoms with Crippen LogP contribution in [0.25, 0.3) is 0 Å². The Hall–Kier alpha value is -2.10. The van der Waals surface area contributed by atoms with Crippen LogP contribution in [0, 0.1) is 23.7 Å². The molecule has 1 saturated heterocycles. The third-order valence-corrected chi connectivity index (χ3v) is 5.62. The van der Waals surface area contributed by atoms with E-state index in [1.165, 1.54) is 4.90 Å². The minimum absolute atomic E-state index is 0.0244. The van der Waals surface area contributed by atoms with Crippen molar-refractivity contribution in [2.75, 3.05) is 11.5 Å². The van der Waals surface area contributed by atoms with Gasteiger partial charge in [-0.1, -0.05) is 25.5 Å². The van der Waals surface area contributed by atoms with Crippen molar-refractivity contribution in [1.29, 1.82) is 0 Å². The van der Waals surface area contributed by atoms with E-state index in [1.807, 2.05) is 24.3 Å². The van der Waals surface area contributed by atoms with Gasteiger partial charge in [-0.3, -0.25) is 14.5 Å². The Bertz CT molecular complexity index is 647. The van der Waals surface area contributed by atoms with Gasteiger partial charge >= 0.3 is 0 Å². The number of nitrogens with zero attached hydrogens (tertiary/aromatic N) is 1. The van der Waals surface area contributed by atoms with Crippen LogP contribution in [0.2, 0.25) is 0 Å². The van der Waals surface area contributed by atoms with Crippen molar-refractivity contribution in [2.24, 2.45) is 23.7 Å². The number of anilines is 1. The van der Waals surface area contributed by atoms with Gasteiger partial charge in [0.05, 0.1) is 24.1 Å². The largest absolute Gasteiger partial charge is 0.494 e. The predicted molar refractivity (Wildman–Crippen MR) is 91.7 cm³/mol. The van der Waals surface area contributed by atoms with Crippen molar-refractivity contribution < 1.29 is 14.3 Å². The Morgan fingerprint density at radius 2 is 1.58 bits per heavy atom. The molecule has 4 nitrogen and oxygen atoms in total. The number of amides is 2. The van der Waals surface area contributed by atoms with Crippen LogP contribution < -0.4 is 9.64 Å². The van der Waals surface area contributed by atoms with Crippen molar-refractivity contribution in [3.8, 4) is 5.75 Å². The zero-order valence-corrected chi connectivity index (χ0v) is 14.0. The molecule has 2 fully saturated rings. The fourth-order valence-corrected chi connectivity index (χ4v) is 4.35. The van der Waals surface area contributed by atoms with Crippen molar-refractivity contribution in [1.82, 2.24) is 0 Å². The molecule has 3 aliphatic carbocycles. The number of unbranched alkanes of at least 4 members (excludes halogenated alkanes) is 1. The van der Waals surface area contributed by atoms with E-state index in [4.69, 9.17) is 4.74 Å². The number of allylic oxidation sites excluding steroid dienone is 2. The van der Waals surface area contributed by atoms with Crippen LogP contribution in [-0.2, 0) is 9.59 Å². The Kier molecular flexibility index (Phi) is 3.91. The first kappa shape index (κ1) is 15.4. The second-order valence-electron chi connectivity index (χ2n) is 7.05. The molecule has 0 radical (unpaired) electrons. The molecule has 1 heterocycles. The topological polar surface area (TPSA) is 46.6 Å². The first-order chi connectivity index (χ1) is 11.7. The van der Waals surface area contributed by atoms with Gasteiger partial charge in [0.2, 0.25) is 11.8 Å². The fourth-order valence-electron chi connectivity index (χ4n) is 4.35. The summed E-state index contributed by atoms with van der Waals surface area (Å²) < 4.78 is 5.66. The van der Waals surface area contributed by atoms with Gasteiger partial charge in [0.25, 0.3) is 0 Å². The molecule has 1 aromatic carbocycles. The molecule has 2 amide bonds. The predicted octanol–water partition coefficient (Wildman–Crippen LogP) is 3.57. The van der Waals surface area contributed by atoms with Gasteiger partial charge in [-0.15, -0.1) is 0 Å². The lowest BCUT2D eigenvalue weighted by Gasteiger charge is -2.38. The highest BCUT2D eigenvalue weighted by molar-refractivity contribution is 6.22. The highest BCUT2D eigenvalue weighted by Crippen LogP contribution is 2.50. The zero-order valence-electron chi connectivity index (χ0n) is 14.0. The summed E-state index contributed by atoms with van der Waals surface area (Å²) in [6.45, 7) is 2.81. The monoisotopic (exact) mass is 325 g/mol. The normalized spacial score (nSPS) is 30.8. The molecule has 4 heteroatoms. The lowest BCUT2D eigenvalue weighted by Crippen LogP contribution is -2.38. The zero-order chi connectivity index (χ0) is 16.7. The molecule has 24 heavy (non-hydrogen) atoms. The summed E-state index contributed by atoms with van der Waals surface area (Å²) in [4.78, 5) is 27.2. The first-order valence-electron chi connectivity index (χ1n) is 8.99. The van der Waals surface area contributed by atoms with Gasteiger partial charge in [0.15, 0.2) is 0 Å². The molecule has 0 N–H and O–H groups in total. The van der Waals surface area contributed by atoms with Crippen LogP contribution in [0.1, 0.15) is 32.6 Å². The van der Waals surface area contributed by atoms with Crippen molar-refractivity contribution in [3.63, 3.8) is 0 Å². The number of hydrogen-bond donors (Lipinski definition) is 0. The number of fused-ring (bicyclic) bond motifs is 1. The molecule has 1 aliphatic heterocycles. The fraction of sp³-hybridized carbons (Fsp3) is 0.500. The summed E-state index contributed by atoms with van der Waals surface area (Å²) in [5.41, 5.74) is 0.668. The number of benzene rings is 1. The summed E-state index contributed by atoms with van der Waals surface area (Å²) >= 11 is 0. The second-order valence-corrected chi connectivity index (χ2v) is 7.05. The van der Waals surface area contributed by atoms with E-state index >= 15 is 0 Å². The summed E-state index contributed by atoms with van der Waals surface area (Å²) in [7, 11) is 0. The maximum atomic E-state index is 12.9. The van der Waals surface area contributed by atoms with Crippen molar-refractivity contribution in [2.45, 2.75) is 32.6 Å². The molecule has 4 aliphatic rings. The summed E-state index contributed by atoms with van der Waals surface area (Å²) in [6.07, 6.45) is 8.46. The maximum absolute atomic E-state index is 12.9. The van der Waals surface area contributed by atoms with Crippen molar-refractivity contribution >= 4 is 17.5 Å². The third-order valence-electron chi connectivity index (χ3n) is 5.62. The average molecular weight is 325 g/mol. The van der Waals surface area contributed by atoms with Crippen LogP contribution in [-0.4, -0.2) is 18.4 Å². The van der Waals surface area contributed by atoms with Gasteiger partial charge in [0, 0.05) is 0 Å². The summed E-state index contributed by atoms with van der Waals surface area (Å²) in [6, 6.07) is 7.34. The van der Waals surface area contributed by atoms with Crippen molar-refractivity contribution in [3.05, 3.63) is 36.4 Å². The standard InChI is InChI=1S/C20H23NO3/c1-2-3-12-24-16-10-8-15(9-11-16)21-19(22)17-13-4-5-14(7-6-13)18(17)20(21)23/h4-5,8-11,13-14,17-18H,2-3,6-7,12H2,1H3/t13-,14-,17+,18+/m0/s1. The molecule has 4 atom stereocenters. The SMILES string of the molecule is CCCCOc1ccc(N2C(=O)[C@H]3[C@H](C2=O)[C@H]2C=C[C@H]3CC2)cc1. The van der Waals surface area contributed by atoms with Gasteiger partial charge in [-0.2, -0.15) is 0 Å². The van der Waals surface area contributed by atoms with Crippen LogP contribution in [0.15, 0.2) is 36.4 Å². The lowest BCUT2D eigenvalue weighted by molar-refractivity contribution is -0.124. The Morgan fingerprint density at radius 3 is 2.08 bits per heavy atom. The van der Waals surface area contributed by atoms with E-state index < -0.39 is 0 Å². The number of carbonyl (C=O) groups is 2. The Balaban J connectivity index is 1.54. The molecular formula is C20H23NO3. The van der Waals surface area contributed by atoms with Crippen LogP contribution in [0.5, 0.6) is 5.75 Å². The number of carbonyl (C=O) groups excluding carboxylic acids is 2. The lowest BCUT2D eigenvalue weighted by atomic mass is 9.63. The maximum Gasteiger partial charge on any atom is 0.238 e. The van der Waals surface area contributed by atoms with Crippen LogP contribution in [0.4, 0.5) is 5.69 Å². The minimum Gasteiger partial charge on any atom is -0.494 e. The van der Waals surface area contributed by atoms with Crippen LogP contribution >= 0.6 is 0 Å². The van der Waals surface area contributed by atoms with E-state index in [-0.39, 0.29) is 35.5 Å². The second kappa shape index (κ2) is 6.08. The van der Waals surface area contributed by atoms with Gasteiger partial charge < -0.3 is 4.74 Å². The molecule has 0 spiro atoms. The van der Waals surface area contributed by atoms with Gasteiger partial charge in [0.1, 0.15) is 5.75 Å². The summed E-state index contributed by atoms with van der Waals surface area (Å²) in [5, 5.41) is 0. The number of hydrogen-bond acceptors (Lipinski definition) is 3.